The number of halogens is 6. The lowest BCUT2D eigenvalue weighted by atomic mass is 10.1. The third kappa shape index (κ3) is 9.95. The van der Waals surface area contributed by atoms with E-state index in [1.165, 1.54) is 34.7 Å². The second kappa shape index (κ2) is 20.1. The highest BCUT2D eigenvalue weighted by Crippen LogP contribution is 2.29. The molecule has 3 aromatic carbocycles. The maximum atomic E-state index is 13.7. The number of hydrogen-bond acceptors (Lipinski definition) is 4. The first-order chi connectivity index (χ1) is 18.6. The zero-order valence-corrected chi connectivity index (χ0v) is 25.8. The Hall–Kier alpha value is -2.87. The van der Waals surface area contributed by atoms with Gasteiger partial charge >= 0.3 is 5.97 Å². The molecule has 0 unspecified atom stereocenters. The van der Waals surface area contributed by atoms with Crippen molar-refractivity contribution in [2.45, 2.75) is 41.2 Å². The third-order valence-corrected chi connectivity index (χ3v) is 4.92. The molecule has 3 radical (unpaired) electrons. The Kier molecular flexibility index (Phi) is 19.7. The number of nitrogens with zero attached hydrogens (tertiary/aromatic N) is 1. The largest absolute Gasteiger partial charge is 0.416 e. The maximum Gasteiger partial charge on any atom is 0.343 e. The van der Waals surface area contributed by atoms with Gasteiger partial charge in [0.05, 0.1) is 17.6 Å². The fourth-order valence-electron chi connectivity index (χ4n) is 2.89. The third-order valence-electron chi connectivity index (χ3n) is 4.67. The van der Waals surface area contributed by atoms with E-state index in [4.69, 9.17) is 12.2 Å². The number of rotatable bonds is 6. The standard InChI is InChI=1S/C23H14F5NO3S.2C2H6.CH3I.B/c1-12-4-2-3-5-15(12)22(30)29(11-33)10-13-6-8-14(9-7-13)23(31)32-21-19(27)17(25)16(24)18(26)20(21)28;3*1-2;/h2-9,11H,10H2,1H3;2*1-2H3;1H3;. The molecule has 0 fully saturated rings. The van der Waals surface area contributed by atoms with Crippen molar-refractivity contribution in [2.24, 2.45) is 0 Å². The highest BCUT2D eigenvalue weighted by atomic mass is 127. The molecule has 0 spiro atoms. The summed E-state index contributed by atoms with van der Waals surface area (Å²) in [5, 5.41) is 0. The molecular formula is C28H29BF5INO3S. The quantitative estimate of drug-likeness (QED) is 0.0301. The molecule has 1 amide bonds. The summed E-state index contributed by atoms with van der Waals surface area (Å²) in [5.41, 5.74) is 2.73. The van der Waals surface area contributed by atoms with Gasteiger partial charge in [0.15, 0.2) is 0 Å². The zero-order chi connectivity index (χ0) is 30.3. The minimum atomic E-state index is -2.36. The van der Waals surface area contributed by atoms with Gasteiger partial charge in [0.25, 0.3) is 5.91 Å². The van der Waals surface area contributed by atoms with Crippen LogP contribution in [0.3, 0.4) is 0 Å². The molecule has 0 aliphatic heterocycles. The highest BCUT2D eigenvalue weighted by Gasteiger charge is 2.29. The van der Waals surface area contributed by atoms with E-state index in [2.05, 4.69) is 27.3 Å². The average Bonchev–Trinajstić information content (AvgIpc) is 2.99. The molecule has 3 rings (SSSR count). The van der Waals surface area contributed by atoms with E-state index >= 15 is 0 Å². The molecule has 0 saturated carbocycles. The number of amides is 1. The molecule has 0 N–H and O–H groups in total. The number of hydrogen-bond donors (Lipinski definition) is 0. The summed E-state index contributed by atoms with van der Waals surface area (Å²) < 4.78 is 71.5. The lowest BCUT2D eigenvalue weighted by Crippen LogP contribution is -2.29. The summed E-state index contributed by atoms with van der Waals surface area (Å²) in [7, 11) is 0. The normalized spacial score (nSPS) is 9.20. The topological polar surface area (TPSA) is 46.6 Å². The number of benzene rings is 3. The van der Waals surface area contributed by atoms with Crippen molar-refractivity contribution in [1.29, 1.82) is 0 Å². The number of aryl methyl sites for hydroxylation is 1. The molecule has 0 heterocycles. The van der Waals surface area contributed by atoms with Crippen molar-refractivity contribution in [3.8, 4) is 5.75 Å². The van der Waals surface area contributed by atoms with Crippen molar-refractivity contribution in [2.75, 3.05) is 4.93 Å². The van der Waals surface area contributed by atoms with E-state index in [0.717, 1.165) is 5.56 Å². The molecular weight excluding hydrogens is 663 g/mol. The zero-order valence-electron chi connectivity index (χ0n) is 22.8. The molecule has 0 bridgehead atoms. The van der Waals surface area contributed by atoms with Crippen molar-refractivity contribution in [3.63, 3.8) is 0 Å². The van der Waals surface area contributed by atoms with Crippen LogP contribution in [0, 0.1) is 36.0 Å². The smallest absolute Gasteiger partial charge is 0.343 e. The van der Waals surface area contributed by atoms with Crippen LogP contribution in [0.15, 0.2) is 48.5 Å². The Bertz CT molecular complexity index is 1230. The second-order valence-electron chi connectivity index (χ2n) is 6.84. The molecule has 0 saturated heterocycles. The van der Waals surface area contributed by atoms with Crippen LogP contribution in [-0.2, 0) is 6.54 Å². The second-order valence-corrected chi connectivity index (χ2v) is 7.05. The number of thiocarbonyl (C=S) groups is 1. The van der Waals surface area contributed by atoms with Gasteiger partial charge in [-0.2, -0.15) is 8.78 Å². The minimum absolute atomic E-state index is 0. The van der Waals surface area contributed by atoms with Crippen LogP contribution in [0.5, 0.6) is 5.75 Å². The van der Waals surface area contributed by atoms with E-state index in [-0.39, 0.29) is 26.4 Å². The minimum Gasteiger partial charge on any atom is -0.416 e. The predicted molar refractivity (Wildman–Crippen MR) is 161 cm³/mol. The Morgan fingerprint density at radius 1 is 0.825 bits per heavy atom. The molecule has 0 aliphatic rings. The van der Waals surface area contributed by atoms with Gasteiger partial charge in [0.1, 0.15) is 0 Å². The van der Waals surface area contributed by atoms with Gasteiger partial charge in [-0.1, -0.05) is 92.8 Å². The van der Waals surface area contributed by atoms with Gasteiger partial charge in [0, 0.05) is 14.0 Å². The fraction of sp³-hybridized carbons (Fsp3) is 0.250. The summed E-state index contributed by atoms with van der Waals surface area (Å²) in [4.78, 5) is 28.1. The molecule has 0 atom stereocenters. The highest BCUT2D eigenvalue weighted by molar-refractivity contribution is 14.1. The first-order valence-corrected chi connectivity index (χ1v) is 14.3. The molecule has 0 aliphatic carbocycles. The van der Waals surface area contributed by atoms with Gasteiger partial charge in [-0.15, -0.1) is 0 Å². The summed E-state index contributed by atoms with van der Waals surface area (Å²) in [5.74, 6) is -14.7. The molecule has 12 heteroatoms. The van der Waals surface area contributed by atoms with E-state index < -0.39 is 40.8 Å². The van der Waals surface area contributed by atoms with Crippen LogP contribution in [0.2, 0.25) is 0 Å². The SMILES string of the molecule is CC.CC.CI.Cc1ccccc1C(=O)N(C=S)Cc1ccc(C(=O)Oc2c(F)c(F)c(F)c(F)c2F)cc1.[B]. The first-order valence-electron chi connectivity index (χ1n) is 11.7. The molecule has 215 valence electrons. The van der Waals surface area contributed by atoms with Gasteiger partial charge in [-0.25, -0.2) is 18.0 Å². The van der Waals surface area contributed by atoms with Gasteiger partial charge < -0.3 is 9.64 Å². The summed E-state index contributed by atoms with van der Waals surface area (Å²) in [6, 6.07) is 12.2. The van der Waals surface area contributed by atoms with Crippen LogP contribution < -0.4 is 4.74 Å². The molecule has 0 aromatic heterocycles. The Morgan fingerprint density at radius 3 is 1.73 bits per heavy atom. The number of ether oxygens (including phenoxy) is 1. The molecule has 4 nitrogen and oxygen atoms in total. The van der Waals surface area contributed by atoms with Crippen molar-refractivity contribution >= 4 is 60.6 Å². The number of esters is 1. The van der Waals surface area contributed by atoms with Gasteiger partial charge in [-0.3, -0.25) is 4.79 Å². The van der Waals surface area contributed by atoms with Gasteiger partial charge in [-0.05, 0) is 41.2 Å². The number of alkyl halides is 1. The maximum absolute atomic E-state index is 13.7. The molecule has 3 aromatic rings. The molecule has 40 heavy (non-hydrogen) atoms. The predicted octanol–water partition coefficient (Wildman–Crippen LogP) is 8.23. The van der Waals surface area contributed by atoms with E-state index in [1.807, 2.05) is 32.6 Å². The summed E-state index contributed by atoms with van der Waals surface area (Å²) >= 11 is 7.08. The van der Waals surface area contributed by atoms with Crippen LogP contribution in [0.1, 0.15) is 59.5 Å². The van der Waals surface area contributed by atoms with Crippen molar-refractivity contribution in [1.82, 2.24) is 4.90 Å². The van der Waals surface area contributed by atoms with E-state index in [9.17, 15) is 31.5 Å². The van der Waals surface area contributed by atoms with E-state index in [0.29, 0.717) is 11.1 Å². The Balaban J connectivity index is 0. The lowest BCUT2D eigenvalue weighted by molar-refractivity contribution is 0.0715. The van der Waals surface area contributed by atoms with Crippen molar-refractivity contribution < 1.29 is 36.3 Å². The van der Waals surface area contributed by atoms with Crippen LogP contribution >= 0.6 is 34.8 Å². The Labute approximate surface area is 252 Å². The Morgan fingerprint density at radius 2 is 1.27 bits per heavy atom. The van der Waals surface area contributed by atoms with Crippen LogP contribution in [0.4, 0.5) is 22.0 Å². The average molecular weight is 692 g/mol. The lowest BCUT2D eigenvalue weighted by Gasteiger charge is -2.18. The number of carbonyl (C=O) groups is 2. The monoisotopic (exact) mass is 692 g/mol. The number of carbonyl (C=O) groups excluding carboxylic acids is 2. The first kappa shape index (κ1) is 39.3. The van der Waals surface area contributed by atoms with Crippen molar-refractivity contribution in [3.05, 3.63) is 99.9 Å². The summed E-state index contributed by atoms with van der Waals surface area (Å²) in [6.07, 6.45) is 0. The van der Waals surface area contributed by atoms with E-state index in [1.54, 1.807) is 31.2 Å². The summed E-state index contributed by atoms with van der Waals surface area (Å²) in [6.45, 7) is 9.84. The van der Waals surface area contributed by atoms with Crippen LogP contribution in [0.25, 0.3) is 0 Å². The van der Waals surface area contributed by atoms with Crippen LogP contribution in [-0.4, -0.2) is 35.6 Å². The van der Waals surface area contributed by atoms with Gasteiger partial charge in [0.2, 0.25) is 34.8 Å². The fourth-order valence-corrected chi connectivity index (χ4v) is 3.06.